The molecule has 3 rings (SSSR count). The molecule has 1 aliphatic carbocycles. The number of ether oxygens (including phenoxy) is 1. The van der Waals surface area contributed by atoms with E-state index in [0.717, 1.165) is 30.5 Å². The fourth-order valence-electron chi connectivity index (χ4n) is 2.59. The summed E-state index contributed by atoms with van der Waals surface area (Å²) in [6, 6.07) is 6.05. The summed E-state index contributed by atoms with van der Waals surface area (Å²) in [4.78, 5) is 4.37. The van der Waals surface area contributed by atoms with Gasteiger partial charge in [0.05, 0.1) is 17.1 Å². The van der Waals surface area contributed by atoms with E-state index in [9.17, 15) is 0 Å². The number of nitrogens with zero attached hydrogens (tertiary/aromatic N) is 2. The quantitative estimate of drug-likeness (QED) is 0.928. The van der Waals surface area contributed by atoms with Gasteiger partial charge >= 0.3 is 0 Å². The summed E-state index contributed by atoms with van der Waals surface area (Å²) in [5.74, 6) is 0.562. The summed E-state index contributed by atoms with van der Waals surface area (Å²) >= 11 is 6.04. The standard InChI is InChI=1S/C13H16ClN3O/c1-2-18-10-6-9(7-10)17-12-5-8(14)3-4-11(12)16-13(17)15/h3-5,9-10H,2,6-7H2,1H3,(H2,15,16). The van der Waals surface area contributed by atoms with E-state index in [2.05, 4.69) is 9.55 Å². The zero-order valence-corrected chi connectivity index (χ0v) is 11.0. The van der Waals surface area contributed by atoms with Crippen LogP contribution in [0.5, 0.6) is 0 Å². The lowest BCUT2D eigenvalue weighted by Gasteiger charge is -2.36. The first-order valence-electron chi connectivity index (χ1n) is 6.23. The van der Waals surface area contributed by atoms with Crippen molar-refractivity contribution in [2.75, 3.05) is 12.3 Å². The Morgan fingerprint density at radius 2 is 2.28 bits per heavy atom. The van der Waals surface area contributed by atoms with Crippen LogP contribution in [0, 0.1) is 0 Å². The molecule has 1 fully saturated rings. The van der Waals surface area contributed by atoms with Crippen LogP contribution in [-0.2, 0) is 4.74 Å². The van der Waals surface area contributed by atoms with E-state index in [4.69, 9.17) is 22.1 Å². The molecule has 0 bridgehead atoms. The predicted octanol–water partition coefficient (Wildman–Crippen LogP) is 3.01. The Labute approximate surface area is 111 Å². The van der Waals surface area contributed by atoms with E-state index < -0.39 is 0 Å². The van der Waals surface area contributed by atoms with Gasteiger partial charge < -0.3 is 15.0 Å². The number of nitrogens with two attached hydrogens (primary N) is 1. The maximum Gasteiger partial charge on any atom is 0.201 e. The predicted molar refractivity (Wildman–Crippen MR) is 72.8 cm³/mol. The van der Waals surface area contributed by atoms with Gasteiger partial charge in [-0.05, 0) is 38.0 Å². The third kappa shape index (κ3) is 1.85. The maximum absolute atomic E-state index is 6.04. The lowest BCUT2D eigenvalue weighted by Crippen LogP contribution is -2.33. The van der Waals surface area contributed by atoms with E-state index in [1.54, 1.807) is 0 Å². The molecule has 4 nitrogen and oxygen atoms in total. The lowest BCUT2D eigenvalue weighted by atomic mass is 9.89. The smallest absolute Gasteiger partial charge is 0.201 e. The van der Waals surface area contributed by atoms with Crippen molar-refractivity contribution in [3.05, 3.63) is 23.2 Å². The molecule has 5 heteroatoms. The first kappa shape index (κ1) is 11.8. The molecule has 1 aromatic carbocycles. The summed E-state index contributed by atoms with van der Waals surface area (Å²) in [6.45, 7) is 2.79. The summed E-state index contributed by atoms with van der Waals surface area (Å²) in [5, 5.41) is 0.712. The Morgan fingerprint density at radius 1 is 1.50 bits per heavy atom. The van der Waals surface area contributed by atoms with Crippen molar-refractivity contribution in [2.24, 2.45) is 0 Å². The Morgan fingerprint density at radius 3 is 3.00 bits per heavy atom. The fraction of sp³-hybridized carbons (Fsp3) is 0.462. The number of halogens is 1. The molecule has 1 heterocycles. The monoisotopic (exact) mass is 265 g/mol. The highest BCUT2D eigenvalue weighted by atomic mass is 35.5. The van der Waals surface area contributed by atoms with Crippen molar-refractivity contribution < 1.29 is 4.74 Å². The van der Waals surface area contributed by atoms with Gasteiger partial charge in [-0.15, -0.1) is 0 Å². The summed E-state index contributed by atoms with van der Waals surface area (Å²) < 4.78 is 7.66. The Kier molecular flexibility index (Phi) is 2.92. The minimum atomic E-state index is 0.357. The van der Waals surface area contributed by atoms with Gasteiger partial charge in [0, 0.05) is 17.7 Å². The van der Waals surface area contributed by atoms with Crippen LogP contribution in [0.4, 0.5) is 5.95 Å². The van der Waals surface area contributed by atoms with Gasteiger partial charge in [0.25, 0.3) is 0 Å². The molecule has 1 saturated carbocycles. The van der Waals surface area contributed by atoms with Crippen LogP contribution < -0.4 is 5.73 Å². The normalized spacial score (nSPS) is 23.2. The van der Waals surface area contributed by atoms with Gasteiger partial charge in [-0.3, -0.25) is 0 Å². The third-order valence-corrected chi connectivity index (χ3v) is 3.75. The van der Waals surface area contributed by atoms with Crippen molar-refractivity contribution in [1.29, 1.82) is 0 Å². The van der Waals surface area contributed by atoms with Crippen LogP contribution in [0.3, 0.4) is 0 Å². The fourth-order valence-corrected chi connectivity index (χ4v) is 2.76. The zero-order chi connectivity index (χ0) is 12.7. The second-order valence-electron chi connectivity index (χ2n) is 4.68. The van der Waals surface area contributed by atoms with Crippen molar-refractivity contribution in [1.82, 2.24) is 9.55 Å². The van der Waals surface area contributed by atoms with Crippen LogP contribution in [0.2, 0.25) is 5.02 Å². The SMILES string of the molecule is CCOC1CC(n2c(N)nc3ccc(Cl)cc32)C1. The van der Waals surface area contributed by atoms with Gasteiger partial charge in [0.1, 0.15) is 0 Å². The van der Waals surface area contributed by atoms with Gasteiger partial charge in [0.2, 0.25) is 5.95 Å². The largest absolute Gasteiger partial charge is 0.378 e. The van der Waals surface area contributed by atoms with Gasteiger partial charge in [-0.25, -0.2) is 4.98 Å². The first-order valence-corrected chi connectivity index (χ1v) is 6.61. The molecule has 0 aliphatic heterocycles. The zero-order valence-electron chi connectivity index (χ0n) is 10.3. The number of aromatic nitrogens is 2. The highest BCUT2D eigenvalue weighted by Gasteiger charge is 2.33. The number of fused-ring (bicyclic) bond motifs is 1. The summed E-state index contributed by atoms with van der Waals surface area (Å²) in [5.41, 5.74) is 7.91. The van der Waals surface area contributed by atoms with Crippen LogP contribution in [-0.4, -0.2) is 22.3 Å². The number of rotatable bonds is 3. The molecule has 0 spiro atoms. The van der Waals surface area contributed by atoms with E-state index in [1.165, 1.54) is 0 Å². The van der Waals surface area contributed by atoms with Crippen molar-refractivity contribution >= 4 is 28.6 Å². The topological polar surface area (TPSA) is 53.1 Å². The van der Waals surface area contributed by atoms with E-state index in [1.807, 2.05) is 25.1 Å². The molecule has 0 unspecified atom stereocenters. The van der Waals surface area contributed by atoms with Crippen molar-refractivity contribution in [3.63, 3.8) is 0 Å². The molecule has 0 amide bonds. The number of anilines is 1. The van der Waals surface area contributed by atoms with Crippen molar-refractivity contribution in [3.8, 4) is 0 Å². The minimum absolute atomic E-state index is 0.357. The molecular formula is C13H16ClN3O. The molecule has 0 radical (unpaired) electrons. The second-order valence-corrected chi connectivity index (χ2v) is 5.11. The molecular weight excluding hydrogens is 250 g/mol. The molecule has 2 N–H and O–H groups in total. The van der Waals surface area contributed by atoms with Crippen LogP contribution in [0.15, 0.2) is 18.2 Å². The maximum atomic E-state index is 6.04. The first-order chi connectivity index (χ1) is 8.69. The molecule has 1 aliphatic rings. The number of hydrogen-bond acceptors (Lipinski definition) is 3. The Bertz CT molecular complexity index is 575. The highest BCUT2D eigenvalue weighted by molar-refractivity contribution is 6.31. The summed E-state index contributed by atoms with van der Waals surface area (Å²) in [6.07, 6.45) is 2.35. The number of benzene rings is 1. The van der Waals surface area contributed by atoms with Crippen LogP contribution in [0.25, 0.3) is 11.0 Å². The average molecular weight is 266 g/mol. The van der Waals surface area contributed by atoms with E-state index >= 15 is 0 Å². The minimum Gasteiger partial charge on any atom is -0.378 e. The average Bonchev–Trinajstić information content (AvgIpc) is 2.59. The number of imidazole rings is 1. The number of hydrogen-bond donors (Lipinski definition) is 1. The van der Waals surface area contributed by atoms with E-state index in [-0.39, 0.29) is 0 Å². The molecule has 2 aromatic rings. The van der Waals surface area contributed by atoms with Gasteiger partial charge in [-0.1, -0.05) is 11.6 Å². The summed E-state index contributed by atoms with van der Waals surface area (Å²) in [7, 11) is 0. The number of nitrogen functional groups attached to an aromatic ring is 1. The molecule has 0 atom stereocenters. The van der Waals surface area contributed by atoms with Crippen LogP contribution >= 0.6 is 11.6 Å². The third-order valence-electron chi connectivity index (χ3n) is 3.52. The Hall–Kier alpha value is -1.26. The van der Waals surface area contributed by atoms with Gasteiger partial charge in [0.15, 0.2) is 0 Å². The van der Waals surface area contributed by atoms with Gasteiger partial charge in [-0.2, -0.15) is 0 Å². The lowest BCUT2D eigenvalue weighted by molar-refractivity contribution is -0.0181. The molecule has 96 valence electrons. The molecule has 0 saturated heterocycles. The Balaban J connectivity index is 1.92. The van der Waals surface area contributed by atoms with Crippen LogP contribution in [0.1, 0.15) is 25.8 Å². The van der Waals surface area contributed by atoms with Crippen molar-refractivity contribution in [2.45, 2.75) is 31.9 Å². The molecule has 18 heavy (non-hydrogen) atoms. The van der Waals surface area contributed by atoms with E-state index in [0.29, 0.717) is 23.1 Å². The highest BCUT2D eigenvalue weighted by Crippen LogP contribution is 2.38. The second kappa shape index (κ2) is 4.44. The molecule has 1 aromatic heterocycles.